The molecule has 32 heavy (non-hydrogen) atoms. The molecule has 0 aliphatic rings. The fraction of sp³-hybridized carbons (Fsp3) is 0.238. The molecule has 1 N–H and O–H groups in total. The Kier molecular flexibility index (Phi) is 8.14. The number of anilines is 1. The molecule has 3 rings (SSSR count). The van der Waals surface area contributed by atoms with Crippen LogP contribution < -0.4 is 14.2 Å². The summed E-state index contributed by atoms with van der Waals surface area (Å²) in [6, 6.07) is 11.4. The molecule has 2 aromatic carbocycles. The summed E-state index contributed by atoms with van der Waals surface area (Å²) in [5, 5.41) is 0.586. The van der Waals surface area contributed by atoms with E-state index in [0.29, 0.717) is 17.4 Å². The van der Waals surface area contributed by atoms with Crippen LogP contribution >= 0.6 is 23.2 Å². The summed E-state index contributed by atoms with van der Waals surface area (Å²) in [6.45, 7) is 1.35. The predicted octanol–water partition coefficient (Wildman–Crippen LogP) is 4.10. The second-order valence-corrected chi connectivity index (χ2v) is 9.44. The van der Waals surface area contributed by atoms with Gasteiger partial charge >= 0.3 is 0 Å². The number of nitrogens with zero attached hydrogens (tertiary/aromatic N) is 3. The Labute approximate surface area is 197 Å². The molecule has 170 valence electrons. The van der Waals surface area contributed by atoms with Crippen molar-refractivity contribution in [1.82, 2.24) is 14.9 Å². The van der Waals surface area contributed by atoms with E-state index in [0.717, 1.165) is 12.1 Å². The number of rotatable bonds is 10. The lowest BCUT2D eigenvalue weighted by Crippen LogP contribution is -2.19. The van der Waals surface area contributed by atoms with Gasteiger partial charge in [0.2, 0.25) is 0 Å². The summed E-state index contributed by atoms with van der Waals surface area (Å²) < 4.78 is 39.4. The Balaban J connectivity index is 1.73. The summed E-state index contributed by atoms with van der Waals surface area (Å²) >= 11 is 12.2. The van der Waals surface area contributed by atoms with E-state index in [1.54, 1.807) is 30.3 Å². The molecule has 0 radical (unpaired) electrons. The van der Waals surface area contributed by atoms with Gasteiger partial charge in [0.25, 0.3) is 10.0 Å². The van der Waals surface area contributed by atoms with Crippen LogP contribution in [0.3, 0.4) is 0 Å². The average Bonchev–Trinajstić information content (AvgIpc) is 2.74. The van der Waals surface area contributed by atoms with E-state index in [4.69, 9.17) is 32.7 Å². The van der Waals surface area contributed by atoms with Gasteiger partial charge < -0.3 is 14.4 Å². The highest BCUT2D eigenvalue weighted by atomic mass is 35.5. The highest BCUT2D eigenvalue weighted by molar-refractivity contribution is 7.92. The van der Waals surface area contributed by atoms with Crippen molar-refractivity contribution in [3.8, 4) is 11.5 Å². The number of halogens is 2. The van der Waals surface area contributed by atoms with E-state index >= 15 is 0 Å². The third kappa shape index (κ3) is 6.46. The van der Waals surface area contributed by atoms with Crippen molar-refractivity contribution < 1.29 is 17.9 Å². The molecular weight excluding hydrogens is 475 g/mol. The molecule has 0 amide bonds. The fourth-order valence-corrected chi connectivity index (χ4v) is 4.30. The second-order valence-electron chi connectivity index (χ2n) is 6.98. The van der Waals surface area contributed by atoms with Gasteiger partial charge in [0.05, 0.1) is 16.2 Å². The van der Waals surface area contributed by atoms with Crippen LogP contribution in [0.5, 0.6) is 11.5 Å². The van der Waals surface area contributed by atoms with Crippen molar-refractivity contribution >= 4 is 39.0 Å². The summed E-state index contributed by atoms with van der Waals surface area (Å²) in [4.78, 5) is 9.85. The molecule has 0 aliphatic carbocycles. The molecule has 0 aliphatic heterocycles. The SMILES string of the molecule is CN(C)CCOc1cc(COc2cncnc2NS(=O)(=O)c2ccccc2Cl)ccc1Cl. The van der Waals surface area contributed by atoms with Crippen LogP contribution in [0.15, 0.2) is 59.9 Å². The maximum atomic E-state index is 12.7. The normalized spacial score (nSPS) is 11.4. The van der Waals surface area contributed by atoms with Crippen molar-refractivity contribution in [1.29, 1.82) is 0 Å². The highest BCUT2D eigenvalue weighted by Crippen LogP contribution is 2.29. The lowest BCUT2D eigenvalue weighted by atomic mass is 10.2. The van der Waals surface area contributed by atoms with E-state index in [1.807, 2.05) is 19.0 Å². The Morgan fingerprint density at radius 1 is 1.03 bits per heavy atom. The van der Waals surface area contributed by atoms with Gasteiger partial charge in [-0.1, -0.05) is 41.4 Å². The van der Waals surface area contributed by atoms with Gasteiger partial charge in [0.15, 0.2) is 11.6 Å². The lowest BCUT2D eigenvalue weighted by Gasteiger charge is -2.14. The van der Waals surface area contributed by atoms with E-state index in [1.165, 1.54) is 24.7 Å². The number of likely N-dealkylation sites (N-methyl/N-ethyl adjacent to an activating group) is 1. The summed E-state index contributed by atoms with van der Waals surface area (Å²) in [5.41, 5.74) is 0.776. The lowest BCUT2D eigenvalue weighted by molar-refractivity contribution is 0.260. The quantitative estimate of drug-likeness (QED) is 0.451. The van der Waals surface area contributed by atoms with Crippen LogP contribution in [0.25, 0.3) is 0 Å². The Morgan fingerprint density at radius 3 is 2.56 bits per heavy atom. The first kappa shape index (κ1) is 24.1. The van der Waals surface area contributed by atoms with Crippen LogP contribution in [-0.4, -0.2) is 50.5 Å². The number of hydrogen-bond donors (Lipinski definition) is 1. The standard InChI is InChI=1S/C21H22Cl2N4O4S/c1-27(2)9-10-30-18-11-15(7-8-16(18)22)13-31-19-12-24-14-25-21(19)26-32(28,29)20-6-4-3-5-17(20)23/h3-8,11-12,14H,9-10,13H2,1-2H3,(H,24,25,26). The average molecular weight is 497 g/mol. The van der Waals surface area contributed by atoms with E-state index in [-0.39, 0.29) is 28.1 Å². The Bertz CT molecular complexity index is 1180. The zero-order valence-corrected chi connectivity index (χ0v) is 19.8. The predicted molar refractivity (Wildman–Crippen MR) is 124 cm³/mol. The molecule has 11 heteroatoms. The molecule has 0 saturated heterocycles. The fourth-order valence-electron chi connectivity index (χ4n) is 2.59. The largest absolute Gasteiger partial charge is 0.491 e. The number of ether oxygens (including phenoxy) is 2. The van der Waals surface area contributed by atoms with Crippen molar-refractivity contribution in [2.75, 3.05) is 32.0 Å². The van der Waals surface area contributed by atoms with E-state index in [9.17, 15) is 8.42 Å². The molecule has 0 spiro atoms. The molecule has 0 atom stereocenters. The first-order chi connectivity index (χ1) is 15.3. The summed E-state index contributed by atoms with van der Waals surface area (Å²) in [6.07, 6.45) is 2.60. The van der Waals surface area contributed by atoms with Crippen LogP contribution in [0.1, 0.15) is 5.56 Å². The monoisotopic (exact) mass is 496 g/mol. The van der Waals surface area contributed by atoms with Gasteiger partial charge in [-0.25, -0.2) is 18.4 Å². The molecule has 1 heterocycles. The topological polar surface area (TPSA) is 93.7 Å². The number of sulfonamides is 1. The van der Waals surface area contributed by atoms with Crippen LogP contribution in [0.2, 0.25) is 10.0 Å². The van der Waals surface area contributed by atoms with E-state index in [2.05, 4.69) is 14.7 Å². The maximum Gasteiger partial charge on any atom is 0.264 e. The van der Waals surface area contributed by atoms with Crippen LogP contribution in [0.4, 0.5) is 5.82 Å². The Hall–Kier alpha value is -2.59. The van der Waals surface area contributed by atoms with Gasteiger partial charge in [0, 0.05) is 6.54 Å². The summed E-state index contributed by atoms with van der Waals surface area (Å²) in [7, 11) is -0.0666. The minimum atomic E-state index is -3.97. The number of nitrogens with one attached hydrogen (secondary N) is 1. The van der Waals surface area contributed by atoms with Crippen LogP contribution in [-0.2, 0) is 16.6 Å². The van der Waals surface area contributed by atoms with Gasteiger partial charge in [-0.3, -0.25) is 4.72 Å². The zero-order valence-electron chi connectivity index (χ0n) is 17.5. The van der Waals surface area contributed by atoms with Gasteiger partial charge in [-0.05, 0) is 43.9 Å². The second kappa shape index (κ2) is 10.8. The smallest absolute Gasteiger partial charge is 0.264 e. The van der Waals surface area contributed by atoms with Crippen molar-refractivity contribution in [3.05, 3.63) is 70.6 Å². The van der Waals surface area contributed by atoms with Crippen molar-refractivity contribution in [3.63, 3.8) is 0 Å². The molecule has 0 unspecified atom stereocenters. The number of aromatic nitrogens is 2. The number of hydrogen-bond acceptors (Lipinski definition) is 7. The minimum absolute atomic E-state index is 0.00339. The highest BCUT2D eigenvalue weighted by Gasteiger charge is 2.20. The van der Waals surface area contributed by atoms with Gasteiger partial charge in [-0.15, -0.1) is 0 Å². The minimum Gasteiger partial charge on any atom is -0.491 e. The summed E-state index contributed by atoms with van der Waals surface area (Å²) in [5.74, 6) is 0.697. The van der Waals surface area contributed by atoms with Crippen molar-refractivity contribution in [2.24, 2.45) is 0 Å². The molecule has 3 aromatic rings. The third-order valence-corrected chi connectivity index (χ3v) is 6.37. The van der Waals surface area contributed by atoms with E-state index < -0.39 is 10.0 Å². The maximum absolute atomic E-state index is 12.7. The first-order valence-corrected chi connectivity index (χ1v) is 11.8. The molecule has 1 aromatic heterocycles. The molecule has 0 saturated carbocycles. The number of benzene rings is 2. The third-order valence-electron chi connectivity index (χ3n) is 4.22. The first-order valence-electron chi connectivity index (χ1n) is 9.52. The molecule has 0 fully saturated rings. The molecular formula is C21H22Cl2N4O4S. The van der Waals surface area contributed by atoms with Gasteiger partial charge in [0.1, 0.15) is 30.2 Å². The Morgan fingerprint density at radius 2 is 1.81 bits per heavy atom. The van der Waals surface area contributed by atoms with Crippen LogP contribution in [0, 0.1) is 0 Å². The van der Waals surface area contributed by atoms with Crippen molar-refractivity contribution in [2.45, 2.75) is 11.5 Å². The van der Waals surface area contributed by atoms with Gasteiger partial charge in [-0.2, -0.15) is 0 Å². The zero-order chi connectivity index (χ0) is 23.1. The molecule has 8 nitrogen and oxygen atoms in total. The molecule has 0 bridgehead atoms.